The number of hydrogen-bond donors (Lipinski definition) is 1. The van der Waals surface area contributed by atoms with Crippen LogP contribution in [0.15, 0.2) is 36.4 Å². The molecule has 25 heavy (non-hydrogen) atoms. The summed E-state index contributed by atoms with van der Waals surface area (Å²) in [4.78, 5) is 11.6. The molecule has 3 rings (SSSR count). The van der Waals surface area contributed by atoms with E-state index in [1.807, 2.05) is 24.3 Å². The topological polar surface area (TPSA) is 87.9 Å². The number of ether oxygens (including phenoxy) is 1. The number of methoxy groups -OCH3 is 1. The highest BCUT2D eigenvalue weighted by Gasteiger charge is 2.26. The van der Waals surface area contributed by atoms with E-state index >= 15 is 0 Å². The molecule has 1 fully saturated rings. The summed E-state index contributed by atoms with van der Waals surface area (Å²) in [6.45, 7) is 0. The summed E-state index contributed by atoms with van der Waals surface area (Å²) in [7, 11) is 1.44. The maximum Gasteiger partial charge on any atom is 0.308 e. The Kier molecular flexibility index (Phi) is 5.24. The van der Waals surface area contributed by atoms with Crippen LogP contribution >= 0.6 is 0 Å². The van der Waals surface area contributed by atoms with Gasteiger partial charge in [-0.3, -0.25) is 4.79 Å². The third-order valence-corrected chi connectivity index (χ3v) is 4.59. The lowest BCUT2D eigenvalue weighted by Crippen LogP contribution is -2.30. The molecule has 0 aliphatic heterocycles. The van der Waals surface area contributed by atoms with E-state index in [1.54, 1.807) is 12.1 Å². The van der Waals surface area contributed by atoms with Crippen molar-refractivity contribution in [1.29, 1.82) is 5.26 Å². The van der Waals surface area contributed by atoms with E-state index in [1.165, 1.54) is 7.11 Å². The summed E-state index contributed by atoms with van der Waals surface area (Å²) in [6.07, 6.45) is 3.50. The second kappa shape index (κ2) is 7.75. The molecule has 1 aliphatic carbocycles. The molecule has 1 saturated carbocycles. The normalized spacial score (nSPS) is 19.7. The number of hydrogen-bond acceptors (Lipinski definition) is 6. The number of rotatable bonds is 4. The van der Waals surface area contributed by atoms with E-state index in [9.17, 15) is 4.79 Å². The fraction of sp³-hybridized carbons (Fsp3) is 0.368. The van der Waals surface area contributed by atoms with Gasteiger partial charge >= 0.3 is 5.97 Å². The Morgan fingerprint density at radius 1 is 1.12 bits per heavy atom. The van der Waals surface area contributed by atoms with Gasteiger partial charge in [0.25, 0.3) is 0 Å². The first-order valence-corrected chi connectivity index (χ1v) is 8.38. The van der Waals surface area contributed by atoms with E-state index in [4.69, 9.17) is 10.00 Å². The molecule has 128 valence electrons. The standard InChI is InChI=1S/C19H20N4O2/c1-25-19(24)15-6-8-16(9-7-15)21-18-11-10-17(22-23-18)14-4-2-13(12-20)3-5-14/h2-5,10-11,15-16H,6-9H2,1H3,(H,21,23). The maximum absolute atomic E-state index is 11.6. The van der Waals surface area contributed by atoms with Gasteiger partial charge in [0.1, 0.15) is 5.82 Å². The Labute approximate surface area is 146 Å². The Bertz CT molecular complexity index is 758. The quantitative estimate of drug-likeness (QED) is 0.863. The third kappa shape index (κ3) is 4.13. The van der Waals surface area contributed by atoms with Crippen molar-refractivity contribution in [2.24, 2.45) is 5.92 Å². The van der Waals surface area contributed by atoms with Crippen molar-refractivity contribution in [1.82, 2.24) is 10.2 Å². The van der Waals surface area contributed by atoms with Crippen LogP contribution in [0.5, 0.6) is 0 Å². The molecule has 1 N–H and O–H groups in total. The number of carbonyl (C=O) groups excluding carboxylic acids is 1. The first-order valence-electron chi connectivity index (χ1n) is 8.38. The van der Waals surface area contributed by atoms with Crippen molar-refractivity contribution in [2.75, 3.05) is 12.4 Å². The van der Waals surface area contributed by atoms with E-state index in [0.29, 0.717) is 11.6 Å². The van der Waals surface area contributed by atoms with Crippen LogP contribution in [0, 0.1) is 17.2 Å². The molecule has 1 aliphatic rings. The van der Waals surface area contributed by atoms with Crippen LogP contribution in [0.1, 0.15) is 31.2 Å². The molecular formula is C19H20N4O2. The molecule has 0 unspecified atom stereocenters. The van der Waals surface area contributed by atoms with Crippen molar-refractivity contribution >= 4 is 11.8 Å². The molecule has 1 heterocycles. The molecule has 0 bridgehead atoms. The molecule has 6 heteroatoms. The number of anilines is 1. The molecule has 0 atom stereocenters. The minimum atomic E-state index is -0.106. The average molecular weight is 336 g/mol. The van der Waals surface area contributed by atoms with Gasteiger partial charge in [0, 0.05) is 11.6 Å². The Balaban J connectivity index is 1.58. The fourth-order valence-corrected chi connectivity index (χ4v) is 3.13. The molecule has 1 aromatic carbocycles. The Morgan fingerprint density at radius 3 is 2.40 bits per heavy atom. The molecule has 0 amide bonds. The molecule has 1 aromatic heterocycles. The van der Waals surface area contributed by atoms with Crippen LogP contribution in [-0.2, 0) is 9.53 Å². The van der Waals surface area contributed by atoms with E-state index in [-0.39, 0.29) is 11.9 Å². The zero-order chi connectivity index (χ0) is 17.6. The minimum Gasteiger partial charge on any atom is -0.469 e. The molecule has 0 spiro atoms. The summed E-state index contributed by atoms with van der Waals surface area (Å²) in [5.41, 5.74) is 2.32. The van der Waals surface area contributed by atoms with Crippen molar-refractivity contribution in [3.8, 4) is 17.3 Å². The van der Waals surface area contributed by atoms with Gasteiger partial charge in [0.2, 0.25) is 0 Å². The summed E-state index contributed by atoms with van der Waals surface area (Å²) in [5, 5.41) is 20.7. The zero-order valence-electron chi connectivity index (χ0n) is 14.1. The number of aromatic nitrogens is 2. The number of benzene rings is 1. The number of nitrogens with one attached hydrogen (secondary N) is 1. The number of nitrogens with zero attached hydrogens (tertiary/aromatic N) is 3. The SMILES string of the molecule is COC(=O)C1CCC(Nc2ccc(-c3ccc(C#N)cc3)nn2)CC1. The van der Waals surface area contributed by atoms with Crippen molar-refractivity contribution < 1.29 is 9.53 Å². The molecular weight excluding hydrogens is 316 g/mol. The number of esters is 1. The third-order valence-electron chi connectivity index (χ3n) is 4.59. The summed E-state index contributed by atoms with van der Waals surface area (Å²) < 4.78 is 4.81. The monoisotopic (exact) mass is 336 g/mol. The first kappa shape index (κ1) is 16.9. The molecule has 0 saturated heterocycles. The first-order chi connectivity index (χ1) is 12.2. The van der Waals surface area contributed by atoms with Gasteiger partial charge in [0.15, 0.2) is 0 Å². The smallest absolute Gasteiger partial charge is 0.308 e. The lowest BCUT2D eigenvalue weighted by atomic mass is 9.86. The fourth-order valence-electron chi connectivity index (χ4n) is 3.13. The van der Waals surface area contributed by atoms with E-state index in [0.717, 1.165) is 42.8 Å². The lowest BCUT2D eigenvalue weighted by Gasteiger charge is -2.27. The van der Waals surface area contributed by atoms with Crippen LogP contribution in [0.3, 0.4) is 0 Å². The minimum absolute atomic E-state index is 0.0212. The van der Waals surface area contributed by atoms with E-state index in [2.05, 4.69) is 21.6 Å². The second-order valence-corrected chi connectivity index (χ2v) is 6.21. The zero-order valence-corrected chi connectivity index (χ0v) is 14.1. The highest BCUT2D eigenvalue weighted by molar-refractivity contribution is 5.72. The molecule has 6 nitrogen and oxygen atoms in total. The van der Waals surface area contributed by atoms with Crippen molar-refractivity contribution in [2.45, 2.75) is 31.7 Å². The maximum atomic E-state index is 11.6. The lowest BCUT2D eigenvalue weighted by molar-refractivity contribution is -0.146. The van der Waals surface area contributed by atoms with Gasteiger partial charge in [-0.1, -0.05) is 12.1 Å². The number of nitriles is 1. The van der Waals surface area contributed by atoms with Gasteiger partial charge in [-0.05, 0) is 49.9 Å². The number of carbonyl (C=O) groups is 1. The predicted molar refractivity (Wildman–Crippen MR) is 93.6 cm³/mol. The van der Waals surface area contributed by atoms with Gasteiger partial charge in [-0.2, -0.15) is 5.26 Å². The van der Waals surface area contributed by atoms with Crippen LogP contribution in [0.2, 0.25) is 0 Å². The van der Waals surface area contributed by atoms with Gasteiger partial charge in [0.05, 0.1) is 30.4 Å². The van der Waals surface area contributed by atoms with Crippen molar-refractivity contribution in [3.63, 3.8) is 0 Å². The highest BCUT2D eigenvalue weighted by Crippen LogP contribution is 2.27. The predicted octanol–water partition coefficient (Wildman–Crippen LogP) is 3.16. The molecule has 2 aromatic rings. The summed E-state index contributed by atoms with van der Waals surface area (Å²) >= 11 is 0. The van der Waals surface area contributed by atoms with Crippen LogP contribution in [0.4, 0.5) is 5.82 Å². The summed E-state index contributed by atoms with van der Waals surface area (Å²) in [6, 6.07) is 13.5. The summed E-state index contributed by atoms with van der Waals surface area (Å²) in [5.74, 6) is 0.650. The molecule has 0 radical (unpaired) electrons. The van der Waals surface area contributed by atoms with Crippen LogP contribution in [-0.4, -0.2) is 29.3 Å². The van der Waals surface area contributed by atoms with E-state index < -0.39 is 0 Å². The van der Waals surface area contributed by atoms with Gasteiger partial charge in [-0.25, -0.2) is 0 Å². The van der Waals surface area contributed by atoms with Gasteiger partial charge in [-0.15, -0.1) is 10.2 Å². The Morgan fingerprint density at radius 2 is 1.84 bits per heavy atom. The van der Waals surface area contributed by atoms with Crippen LogP contribution < -0.4 is 5.32 Å². The highest BCUT2D eigenvalue weighted by atomic mass is 16.5. The van der Waals surface area contributed by atoms with Crippen molar-refractivity contribution in [3.05, 3.63) is 42.0 Å². The largest absolute Gasteiger partial charge is 0.469 e. The van der Waals surface area contributed by atoms with Gasteiger partial charge < -0.3 is 10.1 Å². The Hall–Kier alpha value is -2.94. The van der Waals surface area contributed by atoms with Crippen LogP contribution in [0.25, 0.3) is 11.3 Å². The average Bonchev–Trinajstić information content (AvgIpc) is 2.68. The second-order valence-electron chi connectivity index (χ2n) is 6.21.